The van der Waals surface area contributed by atoms with Gasteiger partial charge in [0.2, 0.25) is 5.91 Å². The molecule has 0 aromatic carbocycles. The summed E-state index contributed by atoms with van der Waals surface area (Å²) >= 11 is 0. The quantitative estimate of drug-likeness (QED) is 0.819. The van der Waals surface area contributed by atoms with E-state index in [1.807, 2.05) is 19.9 Å². The number of aromatic nitrogens is 2. The first-order valence-electron chi connectivity index (χ1n) is 8.44. The molecule has 0 bridgehead atoms. The third kappa shape index (κ3) is 6.23. The molecule has 0 unspecified atom stereocenters. The Morgan fingerprint density at radius 2 is 1.96 bits per heavy atom. The molecule has 1 aromatic heterocycles. The van der Waals surface area contributed by atoms with E-state index in [4.69, 9.17) is 4.74 Å². The van der Waals surface area contributed by atoms with Crippen LogP contribution in [0.2, 0.25) is 0 Å². The van der Waals surface area contributed by atoms with E-state index in [9.17, 15) is 4.79 Å². The molecule has 0 spiro atoms. The maximum atomic E-state index is 12.0. The highest BCUT2D eigenvalue weighted by atomic mass is 16.5. The van der Waals surface area contributed by atoms with E-state index in [0.29, 0.717) is 25.4 Å². The topological polar surface area (TPSA) is 67.4 Å². The van der Waals surface area contributed by atoms with Gasteiger partial charge in [-0.1, -0.05) is 0 Å². The zero-order valence-electron chi connectivity index (χ0n) is 14.5. The number of aryl methyl sites for hydroxylation is 2. The SMILES string of the molecule is Cc1cc(C)nc(CCNC(=O)CC[C@@H](C)N2CCOCC2)n1. The molecule has 1 atom stereocenters. The number of amides is 1. The highest BCUT2D eigenvalue weighted by Crippen LogP contribution is 2.09. The average Bonchev–Trinajstić information content (AvgIpc) is 2.52. The van der Waals surface area contributed by atoms with Gasteiger partial charge in [-0.3, -0.25) is 9.69 Å². The first kappa shape index (κ1) is 17.8. The molecule has 6 heteroatoms. The Labute approximate surface area is 138 Å². The van der Waals surface area contributed by atoms with Crippen LogP contribution in [0.1, 0.15) is 37.0 Å². The molecule has 0 radical (unpaired) electrons. The van der Waals surface area contributed by atoms with Crippen LogP contribution in [0.4, 0.5) is 0 Å². The average molecular weight is 320 g/mol. The maximum Gasteiger partial charge on any atom is 0.220 e. The minimum absolute atomic E-state index is 0.106. The van der Waals surface area contributed by atoms with Crippen molar-refractivity contribution in [3.8, 4) is 0 Å². The van der Waals surface area contributed by atoms with Crippen molar-refractivity contribution in [3.05, 3.63) is 23.3 Å². The van der Waals surface area contributed by atoms with E-state index in [2.05, 4.69) is 27.1 Å². The van der Waals surface area contributed by atoms with Gasteiger partial charge in [0, 0.05) is 49.9 Å². The number of rotatable bonds is 7. The molecular formula is C17H28N4O2. The lowest BCUT2D eigenvalue weighted by atomic mass is 10.1. The second-order valence-electron chi connectivity index (χ2n) is 6.20. The van der Waals surface area contributed by atoms with Gasteiger partial charge < -0.3 is 10.1 Å². The second-order valence-corrected chi connectivity index (χ2v) is 6.20. The van der Waals surface area contributed by atoms with Crippen molar-refractivity contribution in [2.24, 2.45) is 0 Å². The van der Waals surface area contributed by atoms with Crippen molar-refractivity contribution in [2.75, 3.05) is 32.8 Å². The van der Waals surface area contributed by atoms with Gasteiger partial charge in [0.05, 0.1) is 13.2 Å². The lowest BCUT2D eigenvalue weighted by Gasteiger charge is -2.32. The Hall–Kier alpha value is -1.53. The van der Waals surface area contributed by atoms with Gasteiger partial charge in [-0.15, -0.1) is 0 Å². The third-order valence-corrected chi connectivity index (χ3v) is 4.16. The molecule has 1 aliphatic rings. The van der Waals surface area contributed by atoms with Crippen molar-refractivity contribution in [1.29, 1.82) is 0 Å². The Morgan fingerprint density at radius 1 is 1.30 bits per heavy atom. The Bertz CT molecular complexity index is 495. The fourth-order valence-electron chi connectivity index (χ4n) is 2.85. The number of nitrogens with one attached hydrogen (secondary N) is 1. The number of carbonyl (C=O) groups excluding carboxylic acids is 1. The van der Waals surface area contributed by atoms with Crippen LogP contribution in [0.5, 0.6) is 0 Å². The molecule has 1 N–H and O–H groups in total. The standard InChI is InChI=1S/C17H28N4O2/c1-13-12-14(2)20-16(19-13)6-7-18-17(22)5-4-15(3)21-8-10-23-11-9-21/h12,15H,4-11H2,1-3H3,(H,18,22)/t15-/m1/s1. The van der Waals surface area contributed by atoms with Gasteiger partial charge in [-0.05, 0) is 33.3 Å². The smallest absolute Gasteiger partial charge is 0.220 e. The van der Waals surface area contributed by atoms with E-state index in [-0.39, 0.29) is 5.91 Å². The van der Waals surface area contributed by atoms with Gasteiger partial charge in [-0.25, -0.2) is 9.97 Å². The van der Waals surface area contributed by atoms with Crippen LogP contribution in [0.3, 0.4) is 0 Å². The molecule has 1 saturated heterocycles. The van der Waals surface area contributed by atoms with E-state index in [0.717, 1.165) is 49.9 Å². The number of hydrogen-bond acceptors (Lipinski definition) is 5. The van der Waals surface area contributed by atoms with Crippen LogP contribution >= 0.6 is 0 Å². The first-order chi connectivity index (χ1) is 11.0. The molecule has 1 fully saturated rings. The zero-order valence-corrected chi connectivity index (χ0v) is 14.5. The normalized spacial score (nSPS) is 17.0. The molecular weight excluding hydrogens is 292 g/mol. The summed E-state index contributed by atoms with van der Waals surface area (Å²) < 4.78 is 5.35. The van der Waals surface area contributed by atoms with E-state index in [1.165, 1.54) is 0 Å². The number of carbonyl (C=O) groups is 1. The molecule has 2 heterocycles. The van der Waals surface area contributed by atoms with Gasteiger partial charge in [-0.2, -0.15) is 0 Å². The third-order valence-electron chi connectivity index (χ3n) is 4.16. The molecule has 128 valence electrons. The van der Waals surface area contributed by atoms with Gasteiger partial charge in [0.1, 0.15) is 5.82 Å². The van der Waals surface area contributed by atoms with Gasteiger partial charge >= 0.3 is 0 Å². The summed E-state index contributed by atoms with van der Waals surface area (Å²) in [5, 5.41) is 2.97. The molecule has 6 nitrogen and oxygen atoms in total. The summed E-state index contributed by atoms with van der Waals surface area (Å²) in [4.78, 5) is 23.1. The van der Waals surface area contributed by atoms with Crippen LogP contribution in [0.25, 0.3) is 0 Å². The summed E-state index contributed by atoms with van der Waals surface area (Å²) in [6.07, 6.45) is 2.12. The Balaban J connectivity index is 1.64. The zero-order chi connectivity index (χ0) is 16.7. The van der Waals surface area contributed by atoms with Gasteiger partial charge in [0.25, 0.3) is 0 Å². The Kier molecular flexibility index (Phi) is 6.92. The fraction of sp³-hybridized carbons (Fsp3) is 0.706. The summed E-state index contributed by atoms with van der Waals surface area (Å²) in [5.41, 5.74) is 1.94. The molecule has 2 rings (SSSR count). The number of hydrogen-bond donors (Lipinski definition) is 1. The molecule has 1 aliphatic heterocycles. The van der Waals surface area contributed by atoms with Gasteiger partial charge in [0.15, 0.2) is 0 Å². The van der Waals surface area contributed by atoms with Crippen molar-refractivity contribution >= 4 is 5.91 Å². The fourth-order valence-corrected chi connectivity index (χ4v) is 2.85. The van der Waals surface area contributed by atoms with Crippen molar-refractivity contribution in [2.45, 2.75) is 46.1 Å². The van der Waals surface area contributed by atoms with E-state index >= 15 is 0 Å². The summed E-state index contributed by atoms with van der Waals surface area (Å²) in [6.45, 7) is 10.2. The number of ether oxygens (including phenoxy) is 1. The second kappa shape index (κ2) is 8.93. The van der Waals surface area contributed by atoms with Crippen molar-refractivity contribution in [3.63, 3.8) is 0 Å². The number of morpholine rings is 1. The molecule has 1 amide bonds. The van der Waals surface area contributed by atoms with Crippen LogP contribution in [-0.2, 0) is 16.0 Å². The monoisotopic (exact) mass is 320 g/mol. The predicted octanol–water partition coefficient (Wildman–Crippen LogP) is 1.25. The van der Waals surface area contributed by atoms with E-state index < -0.39 is 0 Å². The van der Waals surface area contributed by atoms with Crippen LogP contribution in [-0.4, -0.2) is 59.7 Å². The largest absolute Gasteiger partial charge is 0.379 e. The highest BCUT2D eigenvalue weighted by molar-refractivity contribution is 5.75. The lowest BCUT2D eigenvalue weighted by Crippen LogP contribution is -2.42. The van der Waals surface area contributed by atoms with Crippen LogP contribution < -0.4 is 5.32 Å². The minimum atomic E-state index is 0.106. The summed E-state index contributed by atoms with van der Waals surface area (Å²) in [7, 11) is 0. The van der Waals surface area contributed by atoms with Crippen LogP contribution in [0, 0.1) is 13.8 Å². The molecule has 0 aliphatic carbocycles. The predicted molar refractivity (Wildman–Crippen MR) is 89.3 cm³/mol. The first-order valence-corrected chi connectivity index (χ1v) is 8.44. The Morgan fingerprint density at radius 3 is 2.61 bits per heavy atom. The van der Waals surface area contributed by atoms with Crippen LogP contribution in [0.15, 0.2) is 6.07 Å². The van der Waals surface area contributed by atoms with E-state index in [1.54, 1.807) is 0 Å². The summed E-state index contributed by atoms with van der Waals surface area (Å²) in [5.74, 6) is 0.902. The molecule has 1 aromatic rings. The maximum absolute atomic E-state index is 12.0. The summed E-state index contributed by atoms with van der Waals surface area (Å²) in [6, 6.07) is 2.38. The number of nitrogens with zero attached hydrogens (tertiary/aromatic N) is 3. The highest BCUT2D eigenvalue weighted by Gasteiger charge is 2.17. The lowest BCUT2D eigenvalue weighted by molar-refractivity contribution is -0.121. The van der Waals surface area contributed by atoms with Crippen molar-refractivity contribution < 1.29 is 9.53 Å². The minimum Gasteiger partial charge on any atom is -0.379 e. The molecule has 23 heavy (non-hydrogen) atoms. The van der Waals surface area contributed by atoms with Crippen molar-refractivity contribution in [1.82, 2.24) is 20.2 Å². The molecule has 0 saturated carbocycles.